The number of unbranched alkanes of at least 4 members (excludes halogenated alkanes) is 10. The molecule has 0 N–H and O–H groups in total. The Labute approximate surface area is 272 Å². The third kappa shape index (κ3) is 7.77. The van der Waals surface area contributed by atoms with Crippen LogP contribution in [0.1, 0.15) is 117 Å². The van der Waals surface area contributed by atoms with E-state index in [0.29, 0.717) is 35.4 Å². The summed E-state index contributed by atoms with van der Waals surface area (Å²) in [6.07, 6.45) is 12.8. The van der Waals surface area contributed by atoms with E-state index < -0.39 is 55.0 Å². The van der Waals surface area contributed by atoms with Crippen molar-refractivity contribution in [3.63, 3.8) is 0 Å². The van der Waals surface area contributed by atoms with Crippen molar-refractivity contribution < 1.29 is 39.9 Å². The van der Waals surface area contributed by atoms with Crippen LogP contribution in [0.15, 0.2) is 40.1 Å². The van der Waals surface area contributed by atoms with Gasteiger partial charge in [0.25, 0.3) is 11.8 Å². The summed E-state index contributed by atoms with van der Waals surface area (Å²) in [7, 11) is -5.74. The number of benzene rings is 3. The minimum atomic E-state index is -5.74. The van der Waals surface area contributed by atoms with E-state index in [1.807, 2.05) is 6.92 Å². The molecule has 4 rings (SSSR count). The number of amides is 2. The lowest BCUT2D eigenvalue weighted by atomic mass is 9.90. The van der Waals surface area contributed by atoms with Gasteiger partial charge in [-0.3, -0.25) is 9.59 Å². The molecule has 0 bridgehead atoms. The standard InChI is InChI=1S/C34H39F4NO5S2/c1-3-5-7-8-9-10-11-12-13-14-21-45-31-27(35)29(37)32(30(38)28(31)36)46(42,43)44-39-33(40)24-18-15-17-23-22(16-6-4-2)19-20-25(26(23)24)34(39)41/h15,17-20H,3-14,16,21H2,1-2H3. The highest BCUT2D eigenvalue weighted by molar-refractivity contribution is 7.99. The first-order chi connectivity index (χ1) is 22.0. The number of thioether (sulfide) groups is 1. The summed E-state index contributed by atoms with van der Waals surface area (Å²) >= 11 is 0.546. The van der Waals surface area contributed by atoms with Crippen molar-refractivity contribution in [2.24, 2.45) is 0 Å². The largest absolute Gasteiger partial charge is 0.324 e. The number of aryl methyl sites for hydroxylation is 1. The van der Waals surface area contributed by atoms with Crippen LogP contribution in [0, 0.1) is 23.3 Å². The van der Waals surface area contributed by atoms with Crippen molar-refractivity contribution in [1.29, 1.82) is 0 Å². The molecule has 3 aromatic rings. The molecule has 0 atom stereocenters. The third-order valence-electron chi connectivity index (χ3n) is 8.11. The molecule has 0 aliphatic carbocycles. The Bertz CT molecular complexity index is 1650. The molecule has 6 nitrogen and oxygen atoms in total. The fourth-order valence-corrected chi connectivity index (χ4v) is 7.63. The fourth-order valence-electron chi connectivity index (χ4n) is 5.62. The van der Waals surface area contributed by atoms with Crippen molar-refractivity contribution >= 4 is 44.5 Å². The molecule has 0 spiro atoms. The number of carbonyl (C=O) groups is 2. The van der Waals surface area contributed by atoms with Crippen LogP contribution in [0.3, 0.4) is 0 Å². The molecule has 0 saturated heterocycles. The Hall–Kier alpha value is -2.96. The first kappa shape index (κ1) is 35.9. The van der Waals surface area contributed by atoms with Crippen molar-refractivity contribution in [2.45, 2.75) is 107 Å². The highest BCUT2D eigenvalue weighted by Crippen LogP contribution is 2.37. The number of nitrogens with zero attached hydrogens (tertiary/aromatic N) is 1. The molecule has 3 aromatic carbocycles. The van der Waals surface area contributed by atoms with Gasteiger partial charge in [-0.1, -0.05) is 96.3 Å². The number of rotatable bonds is 18. The highest BCUT2D eigenvalue weighted by Gasteiger charge is 2.41. The molecule has 250 valence electrons. The lowest BCUT2D eigenvalue weighted by Gasteiger charge is -2.26. The summed E-state index contributed by atoms with van der Waals surface area (Å²) in [5, 5.41) is 0.766. The van der Waals surface area contributed by atoms with E-state index in [-0.39, 0.29) is 21.9 Å². The molecule has 46 heavy (non-hydrogen) atoms. The molecular formula is C34H39F4NO5S2. The van der Waals surface area contributed by atoms with Gasteiger partial charge in [-0.15, -0.1) is 21.1 Å². The van der Waals surface area contributed by atoms with Crippen LogP contribution in [-0.4, -0.2) is 31.0 Å². The number of hydrogen-bond acceptors (Lipinski definition) is 6. The van der Waals surface area contributed by atoms with Crippen LogP contribution in [0.5, 0.6) is 0 Å². The van der Waals surface area contributed by atoms with E-state index in [4.69, 9.17) is 0 Å². The van der Waals surface area contributed by atoms with E-state index >= 15 is 8.78 Å². The topological polar surface area (TPSA) is 80.8 Å². The number of hydroxylamine groups is 2. The Morgan fingerprint density at radius 2 is 1.24 bits per heavy atom. The lowest BCUT2D eigenvalue weighted by Crippen LogP contribution is -2.42. The van der Waals surface area contributed by atoms with Crippen LogP contribution in [-0.2, 0) is 20.8 Å². The van der Waals surface area contributed by atoms with E-state index in [0.717, 1.165) is 50.5 Å². The first-order valence-electron chi connectivity index (χ1n) is 15.9. The maximum atomic E-state index is 15.1. The average Bonchev–Trinajstić information content (AvgIpc) is 3.04. The zero-order valence-corrected chi connectivity index (χ0v) is 27.7. The van der Waals surface area contributed by atoms with Crippen LogP contribution in [0.4, 0.5) is 17.6 Å². The summed E-state index contributed by atoms with van der Waals surface area (Å²) in [4.78, 5) is 23.5. The Balaban J connectivity index is 1.47. The van der Waals surface area contributed by atoms with Crippen LogP contribution >= 0.6 is 11.8 Å². The van der Waals surface area contributed by atoms with Crippen molar-refractivity contribution in [3.05, 3.63) is 70.3 Å². The molecule has 12 heteroatoms. The van der Waals surface area contributed by atoms with Crippen LogP contribution < -0.4 is 0 Å². The number of imide groups is 1. The second-order valence-corrected chi connectivity index (χ2v) is 14.1. The summed E-state index contributed by atoms with van der Waals surface area (Å²) in [6.45, 7) is 4.18. The highest BCUT2D eigenvalue weighted by atomic mass is 32.2. The molecule has 0 unspecified atom stereocenters. The van der Waals surface area contributed by atoms with Gasteiger partial charge in [-0.2, -0.15) is 8.42 Å². The number of halogens is 4. The van der Waals surface area contributed by atoms with Gasteiger partial charge in [0.2, 0.25) is 0 Å². The van der Waals surface area contributed by atoms with Gasteiger partial charge in [0.15, 0.2) is 28.2 Å². The van der Waals surface area contributed by atoms with Crippen molar-refractivity contribution in [1.82, 2.24) is 5.06 Å². The normalized spacial score (nSPS) is 13.3. The maximum absolute atomic E-state index is 15.1. The molecule has 1 aliphatic rings. The van der Waals surface area contributed by atoms with Gasteiger partial charge >= 0.3 is 10.1 Å². The minimum absolute atomic E-state index is 0.0716. The zero-order chi connectivity index (χ0) is 33.4. The lowest BCUT2D eigenvalue weighted by molar-refractivity contribution is -0.0158. The van der Waals surface area contributed by atoms with E-state index in [9.17, 15) is 26.8 Å². The molecule has 0 aromatic heterocycles. The van der Waals surface area contributed by atoms with E-state index in [1.165, 1.54) is 37.8 Å². The monoisotopic (exact) mass is 681 g/mol. The average molecular weight is 682 g/mol. The molecule has 1 heterocycles. The van der Waals surface area contributed by atoms with E-state index in [1.54, 1.807) is 18.2 Å². The predicted octanol–water partition coefficient (Wildman–Crippen LogP) is 9.67. The summed E-state index contributed by atoms with van der Waals surface area (Å²) in [5.41, 5.74) is 0.738. The first-order valence-corrected chi connectivity index (χ1v) is 18.3. The summed E-state index contributed by atoms with van der Waals surface area (Å²) in [5.74, 6) is -10.5. The SMILES string of the molecule is CCCCCCCCCCCCSc1c(F)c(F)c(S(=O)(=O)ON2C(=O)c3cccc4c(CCCC)ccc(c34)C2=O)c(F)c1F. The van der Waals surface area contributed by atoms with Gasteiger partial charge in [0.05, 0.1) is 16.0 Å². The Kier molecular flexibility index (Phi) is 12.7. The zero-order valence-electron chi connectivity index (χ0n) is 26.1. The Morgan fingerprint density at radius 3 is 1.83 bits per heavy atom. The molecule has 0 saturated carbocycles. The third-order valence-corrected chi connectivity index (χ3v) is 10.5. The van der Waals surface area contributed by atoms with Gasteiger partial charge in [0, 0.05) is 5.39 Å². The number of carbonyl (C=O) groups excluding carboxylic acids is 2. The van der Waals surface area contributed by atoms with Gasteiger partial charge < -0.3 is 0 Å². The second-order valence-electron chi connectivity index (χ2n) is 11.5. The smallest absolute Gasteiger partial charge is 0.266 e. The molecular weight excluding hydrogens is 643 g/mol. The fraction of sp³-hybridized carbons (Fsp3) is 0.471. The quantitative estimate of drug-likeness (QED) is 0.0437. The van der Waals surface area contributed by atoms with Crippen molar-refractivity contribution in [2.75, 3.05) is 5.75 Å². The molecule has 1 aliphatic heterocycles. The Morgan fingerprint density at radius 1 is 0.696 bits per heavy atom. The van der Waals surface area contributed by atoms with Gasteiger partial charge in [-0.05, 0) is 48.1 Å². The predicted molar refractivity (Wildman–Crippen MR) is 170 cm³/mol. The minimum Gasteiger partial charge on any atom is -0.266 e. The van der Waals surface area contributed by atoms with E-state index in [2.05, 4.69) is 11.2 Å². The number of hydrogen-bond donors (Lipinski definition) is 0. The maximum Gasteiger partial charge on any atom is 0.324 e. The van der Waals surface area contributed by atoms with Gasteiger partial charge in [0.1, 0.15) is 0 Å². The molecule has 0 radical (unpaired) electrons. The second kappa shape index (κ2) is 16.2. The summed E-state index contributed by atoms with van der Waals surface area (Å²) in [6, 6.07) is 7.72. The summed E-state index contributed by atoms with van der Waals surface area (Å²) < 4.78 is 90.9. The van der Waals surface area contributed by atoms with Crippen molar-refractivity contribution in [3.8, 4) is 0 Å². The van der Waals surface area contributed by atoms with Crippen LogP contribution in [0.2, 0.25) is 0 Å². The van der Waals surface area contributed by atoms with Crippen LogP contribution in [0.25, 0.3) is 10.8 Å². The molecule has 0 fully saturated rings. The molecule has 2 amide bonds. The van der Waals surface area contributed by atoms with Gasteiger partial charge in [-0.25, -0.2) is 17.6 Å².